The van der Waals surface area contributed by atoms with Gasteiger partial charge in [-0.05, 0) is 48.6 Å². The van der Waals surface area contributed by atoms with Gasteiger partial charge in [0.05, 0.1) is 0 Å². The Kier molecular flexibility index (Phi) is 6.01. The Morgan fingerprint density at radius 2 is 1.67 bits per heavy atom. The average molecular weight is 281 g/mol. The summed E-state index contributed by atoms with van der Waals surface area (Å²) in [6, 6.07) is 15.8. The summed E-state index contributed by atoms with van der Waals surface area (Å²) in [4.78, 5) is 0. The molecule has 0 amide bonds. The van der Waals surface area contributed by atoms with E-state index in [1.807, 2.05) is 0 Å². The largest absolute Gasteiger partial charge is 0.313 e. The number of nitrogens with one attached hydrogen (secondary N) is 1. The number of hydrogen-bond acceptors (Lipinski definition) is 1. The zero-order valence-corrected chi connectivity index (χ0v) is 13.6. The van der Waals surface area contributed by atoms with Crippen molar-refractivity contribution in [2.45, 2.75) is 46.6 Å². The molecule has 0 bridgehead atoms. The molecule has 1 heteroatoms. The highest BCUT2D eigenvalue weighted by Gasteiger charge is 2.05. The molecule has 2 aromatic carbocycles. The molecule has 1 nitrogen and oxygen atoms in total. The van der Waals surface area contributed by atoms with Crippen molar-refractivity contribution in [2.75, 3.05) is 6.54 Å². The van der Waals surface area contributed by atoms with E-state index in [1.165, 1.54) is 47.1 Å². The zero-order valence-electron chi connectivity index (χ0n) is 13.6. The molecule has 2 aromatic rings. The molecule has 0 saturated heterocycles. The van der Waals surface area contributed by atoms with Gasteiger partial charge in [0.2, 0.25) is 0 Å². The summed E-state index contributed by atoms with van der Waals surface area (Å²) in [6.45, 7) is 8.61. The molecule has 0 aromatic heterocycles. The molecule has 21 heavy (non-hydrogen) atoms. The molecule has 0 aliphatic heterocycles. The van der Waals surface area contributed by atoms with Gasteiger partial charge < -0.3 is 5.32 Å². The number of rotatable bonds is 7. The highest BCUT2D eigenvalue weighted by atomic mass is 14.8. The van der Waals surface area contributed by atoms with Gasteiger partial charge >= 0.3 is 0 Å². The third-order valence-corrected chi connectivity index (χ3v) is 3.81. The Morgan fingerprint density at radius 1 is 0.905 bits per heavy atom. The van der Waals surface area contributed by atoms with E-state index in [1.54, 1.807) is 0 Å². The van der Waals surface area contributed by atoms with Crippen LogP contribution in [-0.4, -0.2) is 6.54 Å². The summed E-state index contributed by atoms with van der Waals surface area (Å²) < 4.78 is 0. The van der Waals surface area contributed by atoms with E-state index >= 15 is 0 Å². The van der Waals surface area contributed by atoms with E-state index in [-0.39, 0.29) is 0 Å². The Hall–Kier alpha value is -1.60. The van der Waals surface area contributed by atoms with Gasteiger partial charge in [0.1, 0.15) is 0 Å². The minimum atomic E-state index is 0.945. The smallest absolute Gasteiger partial charge is 0.0211 e. The minimum Gasteiger partial charge on any atom is -0.313 e. The van der Waals surface area contributed by atoms with E-state index in [0.29, 0.717) is 0 Å². The van der Waals surface area contributed by atoms with E-state index in [4.69, 9.17) is 0 Å². The van der Waals surface area contributed by atoms with Crippen molar-refractivity contribution in [3.05, 3.63) is 59.2 Å². The van der Waals surface area contributed by atoms with E-state index in [2.05, 4.69) is 68.6 Å². The maximum atomic E-state index is 3.51. The first kappa shape index (κ1) is 15.8. The van der Waals surface area contributed by atoms with Crippen LogP contribution in [0.5, 0.6) is 0 Å². The lowest BCUT2D eigenvalue weighted by Crippen LogP contribution is -2.14. The van der Waals surface area contributed by atoms with Crippen LogP contribution in [0.15, 0.2) is 42.5 Å². The van der Waals surface area contributed by atoms with Gasteiger partial charge in [0.25, 0.3) is 0 Å². The van der Waals surface area contributed by atoms with Gasteiger partial charge in [0.15, 0.2) is 0 Å². The lowest BCUT2D eigenvalue weighted by molar-refractivity contribution is 0.676. The van der Waals surface area contributed by atoms with Crippen LogP contribution in [0.25, 0.3) is 11.1 Å². The molecule has 0 aliphatic carbocycles. The van der Waals surface area contributed by atoms with Gasteiger partial charge in [-0.2, -0.15) is 0 Å². The van der Waals surface area contributed by atoms with Crippen LogP contribution >= 0.6 is 0 Å². The van der Waals surface area contributed by atoms with Crippen LogP contribution in [0.2, 0.25) is 0 Å². The second-order valence-corrected chi connectivity index (χ2v) is 5.78. The molecule has 0 fully saturated rings. The van der Waals surface area contributed by atoms with Gasteiger partial charge in [-0.15, -0.1) is 0 Å². The number of hydrogen-bond donors (Lipinski definition) is 1. The first-order chi connectivity index (χ1) is 10.2. The van der Waals surface area contributed by atoms with Crippen LogP contribution in [0.1, 0.15) is 43.4 Å². The lowest BCUT2D eigenvalue weighted by atomic mass is 9.96. The Labute approximate surface area is 129 Å². The SMILES string of the molecule is CCCNCc1ccc(C)cc1-c1ccc(CCC)cc1. The molecule has 0 spiro atoms. The fraction of sp³-hybridized carbons (Fsp3) is 0.400. The Balaban J connectivity index is 2.25. The summed E-state index contributed by atoms with van der Waals surface area (Å²) >= 11 is 0. The summed E-state index contributed by atoms with van der Waals surface area (Å²) in [5.74, 6) is 0. The third kappa shape index (κ3) is 4.44. The van der Waals surface area contributed by atoms with Gasteiger partial charge in [-0.3, -0.25) is 0 Å². The molecule has 2 rings (SSSR count). The number of aryl methyl sites for hydroxylation is 2. The predicted molar refractivity (Wildman–Crippen MR) is 92.6 cm³/mol. The van der Waals surface area contributed by atoms with Crippen LogP contribution in [0.3, 0.4) is 0 Å². The predicted octanol–water partition coefficient (Wildman–Crippen LogP) is 5.11. The first-order valence-electron chi connectivity index (χ1n) is 8.14. The van der Waals surface area contributed by atoms with Crippen LogP contribution in [-0.2, 0) is 13.0 Å². The molecular weight excluding hydrogens is 254 g/mol. The average Bonchev–Trinajstić information content (AvgIpc) is 2.50. The van der Waals surface area contributed by atoms with Gasteiger partial charge in [-0.1, -0.05) is 68.3 Å². The first-order valence-corrected chi connectivity index (χ1v) is 8.14. The second kappa shape index (κ2) is 7.99. The summed E-state index contributed by atoms with van der Waals surface area (Å²) in [7, 11) is 0. The fourth-order valence-electron chi connectivity index (χ4n) is 2.65. The summed E-state index contributed by atoms with van der Waals surface area (Å²) in [5, 5.41) is 3.51. The van der Waals surface area contributed by atoms with Crippen LogP contribution < -0.4 is 5.32 Å². The number of benzene rings is 2. The van der Waals surface area contributed by atoms with Gasteiger partial charge in [-0.25, -0.2) is 0 Å². The minimum absolute atomic E-state index is 0.945. The summed E-state index contributed by atoms with van der Waals surface area (Å²) in [6.07, 6.45) is 3.54. The van der Waals surface area contributed by atoms with Gasteiger partial charge in [0, 0.05) is 6.54 Å². The van der Waals surface area contributed by atoms with Crippen molar-refractivity contribution < 1.29 is 0 Å². The maximum Gasteiger partial charge on any atom is 0.0211 e. The quantitative estimate of drug-likeness (QED) is 0.695. The van der Waals surface area contributed by atoms with E-state index in [0.717, 1.165) is 13.1 Å². The van der Waals surface area contributed by atoms with E-state index in [9.17, 15) is 0 Å². The van der Waals surface area contributed by atoms with Crippen molar-refractivity contribution >= 4 is 0 Å². The molecule has 0 heterocycles. The molecule has 0 radical (unpaired) electrons. The van der Waals surface area contributed by atoms with Crippen molar-refractivity contribution in [1.29, 1.82) is 0 Å². The van der Waals surface area contributed by atoms with Crippen molar-refractivity contribution in [3.63, 3.8) is 0 Å². The van der Waals surface area contributed by atoms with Crippen molar-refractivity contribution in [3.8, 4) is 11.1 Å². The summed E-state index contributed by atoms with van der Waals surface area (Å²) in [5.41, 5.74) is 6.83. The Bertz CT molecular complexity index is 555. The van der Waals surface area contributed by atoms with Crippen molar-refractivity contribution in [2.24, 2.45) is 0 Å². The van der Waals surface area contributed by atoms with Crippen LogP contribution in [0.4, 0.5) is 0 Å². The van der Waals surface area contributed by atoms with E-state index < -0.39 is 0 Å². The second-order valence-electron chi connectivity index (χ2n) is 5.78. The molecule has 0 unspecified atom stereocenters. The van der Waals surface area contributed by atoms with Crippen molar-refractivity contribution in [1.82, 2.24) is 5.32 Å². The topological polar surface area (TPSA) is 12.0 Å². The molecule has 0 atom stereocenters. The standard InChI is InChI=1S/C20H27N/c1-4-6-17-8-11-18(12-9-17)20-14-16(3)7-10-19(20)15-21-13-5-2/h7-12,14,21H,4-6,13,15H2,1-3H3. The Morgan fingerprint density at radius 3 is 2.33 bits per heavy atom. The normalized spacial score (nSPS) is 10.8. The molecule has 0 aliphatic rings. The molecular formula is C20H27N. The van der Waals surface area contributed by atoms with Crippen LogP contribution in [0, 0.1) is 6.92 Å². The fourth-order valence-corrected chi connectivity index (χ4v) is 2.65. The molecule has 112 valence electrons. The monoisotopic (exact) mass is 281 g/mol. The zero-order chi connectivity index (χ0) is 15.1. The highest BCUT2D eigenvalue weighted by molar-refractivity contribution is 5.68. The third-order valence-electron chi connectivity index (χ3n) is 3.81. The highest BCUT2D eigenvalue weighted by Crippen LogP contribution is 2.25. The molecule has 0 saturated carbocycles. The lowest BCUT2D eigenvalue weighted by Gasteiger charge is -2.12. The maximum absolute atomic E-state index is 3.51. The molecule has 1 N–H and O–H groups in total.